The van der Waals surface area contributed by atoms with Gasteiger partial charge in [-0.1, -0.05) is 6.58 Å². The van der Waals surface area contributed by atoms with Crippen LogP contribution in [0.4, 0.5) is 23.0 Å². The number of nitrogens with two attached hydrogens (primary N) is 1. The van der Waals surface area contributed by atoms with Crippen LogP contribution in [0.25, 0.3) is 5.57 Å². The molecule has 4 rings (SSSR count). The molecule has 0 saturated heterocycles. The Balaban J connectivity index is 1.89. The lowest BCUT2D eigenvalue weighted by molar-refractivity contribution is 0.0601. The zero-order valence-electron chi connectivity index (χ0n) is 17.2. The number of benzene rings is 1. The number of carbonyl (C=O) groups excluding carboxylic acids is 1. The first-order valence-electron chi connectivity index (χ1n) is 9.50. The summed E-state index contributed by atoms with van der Waals surface area (Å²) >= 11 is 0. The number of nitrogen functional groups attached to an aromatic ring is 1. The molecule has 1 unspecified atom stereocenters. The number of fused-ring (bicyclic) bond motifs is 1. The Hall–Kier alpha value is -3.87. The van der Waals surface area contributed by atoms with Gasteiger partial charge in [0.15, 0.2) is 5.82 Å². The second-order valence-corrected chi connectivity index (χ2v) is 7.19. The molecule has 2 N–H and O–H groups in total. The summed E-state index contributed by atoms with van der Waals surface area (Å²) in [5, 5.41) is 0. The first-order chi connectivity index (χ1) is 14.4. The number of aromatic nitrogens is 2. The van der Waals surface area contributed by atoms with Crippen LogP contribution in [-0.2, 0) is 4.74 Å². The first kappa shape index (κ1) is 19.4. The molecule has 1 aliphatic rings. The van der Waals surface area contributed by atoms with E-state index in [-0.39, 0.29) is 12.1 Å². The van der Waals surface area contributed by atoms with Gasteiger partial charge in [0.05, 0.1) is 24.1 Å². The molecule has 0 radical (unpaired) electrons. The number of methoxy groups -OCH3 is 1. The van der Waals surface area contributed by atoms with Crippen molar-refractivity contribution in [2.45, 2.75) is 13.1 Å². The normalized spacial score (nSPS) is 15.1. The summed E-state index contributed by atoms with van der Waals surface area (Å²) < 4.78 is 4.82. The summed E-state index contributed by atoms with van der Waals surface area (Å²) in [4.78, 5) is 25.2. The molecule has 0 amide bonds. The monoisotopic (exact) mass is 401 g/mol. The Morgan fingerprint density at radius 2 is 1.90 bits per heavy atom. The molecule has 1 aromatic carbocycles. The molecule has 0 saturated carbocycles. The second kappa shape index (κ2) is 7.51. The van der Waals surface area contributed by atoms with Crippen molar-refractivity contribution < 1.29 is 9.53 Å². The number of pyridine rings is 2. The van der Waals surface area contributed by atoms with E-state index in [1.807, 2.05) is 50.4 Å². The SMILES string of the molecule is C=C(C)c1ccc2c(n1)N(c1ccc(C(=O)OC)cc1)C(c1cccnc1N)N2C. The van der Waals surface area contributed by atoms with Crippen LogP contribution in [-0.4, -0.2) is 30.1 Å². The predicted octanol–water partition coefficient (Wildman–Crippen LogP) is 4.17. The zero-order chi connectivity index (χ0) is 21.4. The topological polar surface area (TPSA) is 84.6 Å². The molecule has 0 bridgehead atoms. The van der Waals surface area contributed by atoms with Crippen molar-refractivity contribution in [1.29, 1.82) is 0 Å². The molecule has 0 spiro atoms. The van der Waals surface area contributed by atoms with Crippen LogP contribution >= 0.6 is 0 Å². The standard InChI is InChI=1S/C23H23N5O2/c1-14(2)18-11-12-19-21(26-18)28(16-9-7-15(8-10-16)23(29)30-4)22(27(19)3)17-6-5-13-25-20(17)24/h5-13,22H,1H2,2-4H3,(H2,24,25). The highest BCUT2D eigenvalue weighted by Crippen LogP contribution is 2.49. The lowest BCUT2D eigenvalue weighted by Crippen LogP contribution is -2.31. The molecule has 3 aromatic rings. The second-order valence-electron chi connectivity index (χ2n) is 7.19. The minimum absolute atomic E-state index is 0.245. The van der Waals surface area contributed by atoms with Crippen LogP contribution in [0.2, 0.25) is 0 Å². The zero-order valence-corrected chi connectivity index (χ0v) is 17.2. The summed E-state index contributed by atoms with van der Waals surface area (Å²) in [6.45, 7) is 5.95. The third-order valence-corrected chi connectivity index (χ3v) is 5.23. The van der Waals surface area contributed by atoms with Gasteiger partial charge < -0.3 is 15.4 Å². The van der Waals surface area contributed by atoms with Gasteiger partial charge in [-0.25, -0.2) is 14.8 Å². The maximum absolute atomic E-state index is 11.9. The highest BCUT2D eigenvalue weighted by atomic mass is 16.5. The minimum atomic E-state index is -0.378. The maximum atomic E-state index is 11.9. The van der Waals surface area contributed by atoms with Gasteiger partial charge in [0.25, 0.3) is 0 Å². The molecule has 0 fully saturated rings. The van der Waals surface area contributed by atoms with Gasteiger partial charge in [0, 0.05) is 24.5 Å². The van der Waals surface area contributed by atoms with Crippen molar-refractivity contribution in [1.82, 2.24) is 9.97 Å². The van der Waals surface area contributed by atoms with Crippen LogP contribution in [0.3, 0.4) is 0 Å². The van der Waals surface area contributed by atoms with E-state index < -0.39 is 0 Å². The van der Waals surface area contributed by atoms with Gasteiger partial charge in [-0.05, 0) is 61.0 Å². The van der Waals surface area contributed by atoms with Crippen LogP contribution < -0.4 is 15.5 Å². The summed E-state index contributed by atoms with van der Waals surface area (Å²) in [5.41, 5.74) is 11.1. The van der Waals surface area contributed by atoms with Crippen LogP contribution in [0.15, 0.2) is 61.3 Å². The molecular formula is C23H23N5O2. The molecule has 7 heteroatoms. The average molecular weight is 401 g/mol. The third-order valence-electron chi connectivity index (χ3n) is 5.23. The van der Waals surface area contributed by atoms with Crippen LogP contribution in [0, 0.1) is 0 Å². The Morgan fingerprint density at radius 3 is 2.53 bits per heavy atom. The summed E-state index contributed by atoms with van der Waals surface area (Å²) in [6.07, 6.45) is 1.43. The fourth-order valence-electron chi connectivity index (χ4n) is 3.69. The van der Waals surface area contributed by atoms with E-state index in [2.05, 4.69) is 21.4 Å². The Bertz CT molecular complexity index is 1130. The Kier molecular flexibility index (Phi) is 4.87. The Morgan fingerprint density at radius 1 is 1.17 bits per heavy atom. The number of anilines is 4. The lowest BCUT2D eigenvalue weighted by atomic mass is 10.1. The number of rotatable bonds is 4. The molecule has 1 aliphatic heterocycles. The predicted molar refractivity (Wildman–Crippen MR) is 119 cm³/mol. The van der Waals surface area contributed by atoms with Crippen LogP contribution in [0.5, 0.6) is 0 Å². The lowest BCUT2D eigenvalue weighted by Gasteiger charge is -2.31. The Labute approximate surface area is 175 Å². The van der Waals surface area contributed by atoms with E-state index in [9.17, 15) is 4.79 Å². The van der Waals surface area contributed by atoms with Crippen LogP contribution in [0.1, 0.15) is 34.7 Å². The van der Waals surface area contributed by atoms with E-state index in [4.69, 9.17) is 15.5 Å². The summed E-state index contributed by atoms with van der Waals surface area (Å²) in [7, 11) is 3.37. The van der Waals surface area contributed by atoms with Crippen molar-refractivity contribution in [3.63, 3.8) is 0 Å². The van der Waals surface area contributed by atoms with Crippen molar-refractivity contribution in [3.05, 3.63) is 78.1 Å². The van der Waals surface area contributed by atoms with E-state index >= 15 is 0 Å². The van der Waals surface area contributed by atoms with Gasteiger partial charge in [-0.3, -0.25) is 4.90 Å². The van der Waals surface area contributed by atoms with E-state index in [1.54, 1.807) is 18.3 Å². The smallest absolute Gasteiger partial charge is 0.337 e. The number of hydrogen-bond donors (Lipinski definition) is 1. The number of allylic oxidation sites excluding steroid dienone is 1. The van der Waals surface area contributed by atoms with Gasteiger partial charge in [0.1, 0.15) is 12.0 Å². The van der Waals surface area contributed by atoms with Crippen molar-refractivity contribution in [3.8, 4) is 0 Å². The number of carbonyl (C=O) groups is 1. The highest BCUT2D eigenvalue weighted by Gasteiger charge is 2.38. The molecule has 3 heterocycles. The highest BCUT2D eigenvalue weighted by molar-refractivity contribution is 5.90. The maximum Gasteiger partial charge on any atom is 0.337 e. The first-order valence-corrected chi connectivity index (χ1v) is 9.50. The van der Waals surface area contributed by atoms with Crippen molar-refractivity contribution in [2.75, 3.05) is 29.7 Å². The third kappa shape index (κ3) is 3.14. The fourth-order valence-corrected chi connectivity index (χ4v) is 3.69. The van der Waals surface area contributed by atoms with Crippen molar-refractivity contribution in [2.24, 2.45) is 0 Å². The number of nitrogens with zero attached hydrogens (tertiary/aromatic N) is 4. The minimum Gasteiger partial charge on any atom is -0.465 e. The quantitative estimate of drug-likeness (QED) is 0.657. The van der Waals surface area contributed by atoms with Gasteiger partial charge in [-0.15, -0.1) is 0 Å². The van der Waals surface area contributed by atoms with Crippen molar-refractivity contribution >= 4 is 34.6 Å². The largest absolute Gasteiger partial charge is 0.465 e. The van der Waals surface area contributed by atoms with E-state index in [0.717, 1.165) is 34.0 Å². The molecule has 1 atom stereocenters. The number of ether oxygens (including phenoxy) is 1. The summed E-state index contributed by atoms with van der Waals surface area (Å²) in [5.74, 6) is 0.867. The molecule has 2 aromatic heterocycles. The summed E-state index contributed by atoms with van der Waals surface area (Å²) in [6, 6.07) is 15.1. The average Bonchev–Trinajstić information content (AvgIpc) is 3.05. The molecular weight excluding hydrogens is 378 g/mol. The van der Waals surface area contributed by atoms with Gasteiger partial charge in [-0.2, -0.15) is 0 Å². The van der Waals surface area contributed by atoms with E-state index in [0.29, 0.717) is 11.4 Å². The fraction of sp³-hybridized carbons (Fsp3) is 0.174. The molecule has 30 heavy (non-hydrogen) atoms. The van der Waals surface area contributed by atoms with Gasteiger partial charge >= 0.3 is 5.97 Å². The molecule has 152 valence electrons. The number of esters is 1. The molecule has 7 nitrogen and oxygen atoms in total. The van der Waals surface area contributed by atoms with E-state index in [1.165, 1.54) is 7.11 Å². The molecule has 0 aliphatic carbocycles. The van der Waals surface area contributed by atoms with Gasteiger partial charge in [0.2, 0.25) is 0 Å². The number of hydrogen-bond acceptors (Lipinski definition) is 7.